The molecule has 2 fully saturated rings. The maximum Gasteiger partial charge on any atom is 0.322 e. The molecule has 5 nitrogen and oxygen atoms in total. The van der Waals surface area contributed by atoms with E-state index in [0.29, 0.717) is 28.7 Å². The number of urea groups is 1. The van der Waals surface area contributed by atoms with Gasteiger partial charge in [-0.1, -0.05) is 41.9 Å². The molecule has 1 aliphatic heterocycles. The average molecular weight is 370 g/mol. The van der Waals surface area contributed by atoms with Crippen molar-refractivity contribution in [3.05, 3.63) is 65.2 Å². The highest BCUT2D eigenvalue weighted by Crippen LogP contribution is 2.38. The summed E-state index contributed by atoms with van der Waals surface area (Å²) in [4.78, 5) is 26.8. The van der Waals surface area contributed by atoms with Crippen molar-refractivity contribution in [2.45, 2.75) is 24.9 Å². The summed E-state index contributed by atoms with van der Waals surface area (Å²) < 4.78 is 0. The van der Waals surface area contributed by atoms with E-state index in [1.807, 2.05) is 47.4 Å². The number of hydrogen-bond donors (Lipinski definition) is 2. The van der Waals surface area contributed by atoms with Gasteiger partial charge in [0.25, 0.3) is 5.91 Å². The smallest absolute Gasteiger partial charge is 0.322 e. The maximum atomic E-state index is 12.6. The molecule has 4 rings (SSSR count). The SMILES string of the molecule is O=C(N[C@H]1C[C@@H]2C[C@H]1CN2C(=O)Nc1ccccc1Cl)c1ccccc1. The van der Waals surface area contributed by atoms with Crippen molar-refractivity contribution >= 4 is 29.2 Å². The largest absolute Gasteiger partial charge is 0.349 e. The molecule has 6 heteroatoms. The number of carbonyl (C=O) groups is 2. The van der Waals surface area contributed by atoms with Gasteiger partial charge in [-0.05, 0) is 43.0 Å². The quantitative estimate of drug-likeness (QED) is 0.865. The van der Waals surface area contributed by atoms with Crippen LogP contribution >= 0.6 is 11.6 Å². The van der Waals surface area contributed by atoms with Gasteiger partial charge in [-0.2, -0.15) is 0 Å². The summed E-state index contributed by atoms with van der Waals surface area (Å²) in [6.07, 6.45) is 1.72. The lowest BCUT2D eigenvalue weighted by Gasteiger charge is -2.32. The molecule has 2 aromatic carbocycles. The Bertz CT molecular complexity index is 827. The first-order valence-corrected chi connectivity index (χ1v) is 9.17. The molecule has 1 aliphatic carbocycles. The van der Waals surface area contributed by atoms with Crippen LogP contribution in [-0.4, -0.2) is 35.5 Å². The number of anilines is 1. The third kappa shape index (κ3) is 3.27. The van der Waals surface area contributed by atoms with Crippen molar-refractivity contribution in [1.82, 2.24) is 10.2 Å². The Kier molecular flexibility index (Phi) is 4.55. The average Bonchev–Trinajstić information content (AvgIpc) is 3.24. The number of nitrogens with one attached hydrogen (secondary N) is 2. The first-order valence-electron chi connectivity index (χ1n) is 8.80. The summed E-state index contributed by atoms with van der Waals surface area (Å²) >= 11 is 6.11. The predicted octanol–water partition coefficient (Wildman–Crippen LogP) is 3.76. The molecule has 0 spiro atoms. The lowest BCUT2D eigenvalue weighted by atomic mass is 10.0. The first-order chi connectivity index (χ1) is 12.6. The molecule has 1 saturated carbocycles. The number of rotatable bonds is 3. The second kappa shape index (κ2) is 7.00. The van der Waals surface area contributed by atoms with Crippen LogP contribution in [0.25, 0.3) is 0 Å². The fraction of sp³-hybridized carbons (Fsp3) is 0.300. The van der Waals surface area contributed by atoms with Gasteiger partial charge in [0.2, 0.25) is 0 Å². The van der Waals surface area contributed by atoms with Gasteiger partial charge in [0.15, 0.2) is 0 Å². The number of carbonyl (C=O) groups excluding carboxylic acids is 2. The lowest BCUT2D eigenvalue weighted by Crippen LogP contribution is -2.48. The van der Waals surface area contributed by atoms with Crippen LogP contribution in [0.1, 0.15) is 23.2 Å². The monoisotopic (exact) mass is 369 g/mol. The predicted molar refractivity (Wildman–Crippen MR) is 101 cm³/mol. The van der Waals surface area contributed by atoms with E-state index < -0.39 is 0 Å². The Morgan fingerprint density at radius 3 is 2.42 bits per heavy atom. The molecule has 1 heterocycles. The van der Waals surface area contributed by atoms with E-state index in [1.165, 1.54) is 0 Å². The first kappa shape index (κ1) is 16.9. The van der Waals surface area contributed by atoms with Crippen LogP contribution in [0.5, 0.6) is 0 Å². The third-order valence-corrected chi connectivity index (χ3v) is 5.60. The number of nitrogens with zero attached hydrogens (tertiary/aromatic N) is 1. The fourth-order valence-corrected chi connectivity index (χ4v) is 4.15. The number of halogens is 1. The molecule has 2 N–H and O–H groups in total. The molecule has 134 valence electrons. The molecule has 0 aromatic heterocycles. The number of piperidine rings is 1. The summed E-state index contributed by atoms with van der Waals surface area (Å²) in [5.41, 5.74) is 1.29. The van der Waals surface area contributed by atoms with Crippen LogP contribution in [0.2, 0.25) is 5.02 Å². The van der Waals surface area contributed by atoms with Gasteiger partial charge in [-0.3, -0.25) is 4.79 Å². The van der Waals surface area contributed by atoms with Crippen molar-refractivity contribution in [1.29, 1.82) is 0 Å². The van der Waals surface area contributed by atoms with E-state index in [2.05, 4.69) is 10.6 Å². The number of fused-ring (bicyclic) bond motifs is 2. The maximum absolute atomic E-state index is 12.6. The van der Waals surface area contributed by atoms with Gasteiger partial charge in [0, 0.05) is 24.2 Å². The summed E-state index contributed by atoms with van der Waals surface area (Å²) in [6.45, 7) is 0.653. The van der Waals surface area contributed by atoms with Crippen LogP contribution < -0.4 is 10.6 Å². The van der Waals surface area contributed by atoms with Gasteiger partial charge in [-0.15, -0.1) is 0 Å². The van der Waals surface area contributed by atoms with Crippen LogP contribution in [0.15, 0.2) is 54.6 Å². The lowest BCUT2D eigenvalue weighted by molar-refractivity contribution is 0.0915. The van der Waals surface area contributed by atoms with Gasteiger partial charge >= 0.3 is 6.03 Å². The van der Waals surface area contributed by atoms with E-state index in [0.717, 1.165) is 12.8 Å². The van der Waals surface area contributed by atoms with Crippen LogP contribution in [0, 0.1) is 5.92 Å². The molecule has 3 atom stereocenters. The summed E-state index contributed by atoms with van der Waals surface area (Å²) in [7, 11) is 0. The zero-order chi connectivity index (χ0) is 18.1. The van der Waals surface area contributed by atoms with Gasteiger partial charge < -0.3 is 15.5 Å². The Labute approximate surface area is 157 Å². The minimum Gasteiger partial charge on any atom is -0.349 e. The normalized spacial score (nSPS) is 23.7. The van der Waals surface area contributed by atoms with E-state index >= 15 is 0 Å². The number of para-hydroxylation sites is 1. The molecular weight excluding hydrogens is 350 g/mol. The Balaban J connectivity index is 1.35. The van der Waals surface area contributed by atoms with E-state index in [9.17, 15) is 9.59 Å². The Hall–Kier alpha value is -2.53. The summed E-state index contributed by atoms with van der Waals surface area (Å²) in [5.74, 6) is 0.250. The zero-order valence-corrected chi connectivity index (χ0v) is 14.9. The zero-order valence-electron chi connectivity index (χ0n) is 14.2. The number of benzene rings is 2. The fourth-order valence-electron chi connectivity index (χ4n) is 3.97. The number of hydrogen-bond acceptors (Lipinski definition) is 2. The topological polar surface area (TPSA) is 61.4 Å². The van der Waals surface area contributed by atoms with E-state index in [4.69, 9.17) is 11.6 Å². The third-order valence-electron chi connectivity index (χ3n) is 5.27. The molecule has 0 unspecified atom stereocenters. The standard InChI is InChI=1S/C20H20ClN3O2/c21-16-8-4-5-9-17(16)23-20(26)24-12-14-10-15(24)11-18(14)22-19(25)13-6-2-1-3-7-13/h1-9,14-15,18H,10-12H2,(H,22,25)(H,23,26)/t14-,15-,18-/m0/s1. The van der Waals surface area contributed by atoms with E-state index in [1.54, 1.807) is 12.1 Å². The van der Waals surface area contributed by atoms with Gasteiger partial charge in [0.1, 0.15) is 0 Å². The van der Waals surface area contributed by atoms with Crippen LogP contribution in [-0.2, 0) is 0 Å². The summed E-state index contributed by atoms with van der Waals surface area (Å²) in [5, 5.41) is 6.54. The van der Waals surface area contributed by atoms with Crippen molar-refractivity contribution in [3.8, 4) is 0 Å². The molecule has 2 aromatic rings. The van der Waals surface area contributed by atoms with E-state index in [-0.39, 0.29) is 24.0 Å². The number of likely N-dealkylation sites (tertiary alicyclic amines) is 1. The van der Waals surface area contributed by atoms with Crippen LogP contribution in [0.3, 0.4) is 0 Å². The molecule has 2 bridgehead atoms. The Morgan fingerprint density at radius 2 is 1.73 bits per heavy atom. The highest BCUT2D eigenvalue weighted by Gasteiger charge is 2.47. The molecular formula is C20H20ClN3O2. The molecule has 1 saturated heterocycles. The van der Waals surface area contributed by atoms with Crippen molar-refractivity contribution in [3.63, 3.8) is 0 Å². The second-order valence-electron chi connectivity index (χ2n) is 6.89. The van der Waals surface area contributed by atoms with Crippen LogP contribution in [0.4, 0.5) is 10.5 Å². The minimum atomic E-state index is -0.126. The molecule has 0 radical (unpaired) electrons. The molecule has 2 aliphatic rings. The second-order valence-corrected chi connectivity index (χ2v) is 7.30. The highest BCUT2D eigenvalue weighted by atomic mass is 35.5. The van der Waals surface area contributed by atoms with Gasteiger partial charge in [-0.25, -0.2) is 4.79 Å². The molecule has 3 amide bonds. The van der Waals surface area contributed by atoms with Crippen molar-refractivity contribution in [2.75, 3.05) is 11.9 Å². The van der Waals surface area contributed by atoms with Crippen molar-refractivity contribution < 1.29 is 9.59 Å². The minimum absolute atomic E-state index is 0.0461. The summed E-state index contributed by atoms with van der Waals surface area (Å²) in [6, 6.07) is 16.6. The Morgan fingerprint density at radius 1 is 1.00 bits per heavy atom. The molecule has 26 heavy (non-hydrogen) atoms. The number of amides is 3. The van der Waals surface area contributed by atoms with Crippen molar-refractivity contribution in [2.24, 2.45) is 5.92 Å². The highest BCUT2D eigenvalue weighted by molar-refractivity contribution is 6.33. The van der Waals surface area contributed by atoms with Gasteiger partial charge in [0.05, 0.1) is 10.7 Å².